The van der Waals surface area contributed by atoms with Crippen LogP contribution in [0.2, 0.25) is 0 Å². The first-order chi connectivity index (χ1) is 7.69. The van der Waals surface area contributed by atoms with E-state index in [0.717, 1.165) is 30.6 Å². The number of ether oxygens (including phenoxy) is 1. The predicted molar refractivity (Wildman–Crippen MR) is 64.1 cm³/mol. The summed E-state index contributed by atoms with van der Waals surface area (Å²) in [7, 11) is 0. The molecule has 0 saturated carbocycles. The zero-order valence-electron chi connectivity index (χ0n) is 9.72. The van der Waals surface area contributed by atoms with Gasteiger partial charge in [0, 0.05) is 24.3 Å². The fourth-order valence-electron chi connectivity index (χ4n) is 2.18. The summed E-state index contributed by atoms with van der Waals surface area (Å²) in [6, 6.07) is 7.71. The molecule has 2 unspecified atom stereocenters. The van der Waals surface area contributed by atoms with Crippen LogP contribution in [-0.4, -0.2) is 31.6 Å². The molecule has 0 radical (unpaired) electrons. The van der Waals surface area contributed by atoms with E-state index in [2.05, 4.69) is 18.7 Å². The number of nitrogens with zero attached hydrogens (tertiary/aromatic N) is 1. The highest BCUT2D eigenvalue weighted by Crippen LogP contribution is 2.20. The van der Waals surface area contributed by atoms with Gasteiger partial charge in [0.15, 0.2) is 0 Å². The Morgan fingerprint density at radius 3 is 2.62 bits per heavy atom. The molecule has 0 aliphatic carbocycles. The second-order valence-corrected chi connectivity index (χ2v) is 4.38. The van der Waals surface area contributed by atoms with Crippen molar-refractivity contribution in [3.63, 3.8) is 0 Å². The molecule has 1 aliphatic heterocycles. The molecule has 86 valence electrons. The molecule has 0 spiro atoms. The van der Waals surface area contributed by atoms with E-state index in [9.17, 15) is 4.79 Å². The lowest BCUT2D eigenvalue weighted by molar-refractivity contribution is -0.00521. The Bertz CT molecular complexity index is 368. The Morgan fingerprint density at radius 2 is 2.00 bits per heavy atom. The monoisotopic (exact) mass is 219 g/mol. The first kappa shape index (κ1) is 11.1. The number of hydrogen-bond acceptors (Lipinski definition) is 3. The van der Waals surface area contributed by atoms with Crippen molar-refractivity contribution in [1.29, 1.82) is 0 Å². The van der Waals surface area contributed by atoms with Crippen LogP contribution in [0.4, 0.5) is 5.69 Å². The predicted octanol–water partition coefficient (Wildman–Crippen LogP) is 2.11. The topological polar surface area (TPSA) is 29.5 Å². The maximum Gasteiger partial charge on any atom is 0.150 e. The van der Waals surface area contributed by atoms with Crippen molar-refractivity contribution >= 4 is 12.0 Å². The van der Waals surface area contributed by atoms with Crippen molar-refractivity contribution in [2.24, 2.45) is 0 Å². The van der Waals surface area contributed by atoms with Gasteiger partial charge in [0.2, 0.25) is 0 Å². The zero-order valence-corrected chi connectivity index (χ0v) is 9.72. The van der Waals surface area contributed by atoms with E-state index >= 15 is 0 Å². The highest BCUT2D eigenvalue weighted by Gasteiger charge is 2.22. The number of benzene rings is 1. The first-order valence-corrected chi connectivity index (χ1v) is 5.64. The number of aldehydes is 1. The van der Waals surface area contributed by atoms with E-state index in [0.29, 0.717) is 0 Å². The third kappa shape index (κ3) is 2.42. The molecule has 3 nitrogen and oxygen atoms in total. The largest absolute Gasteiger partial charge is 0.372 e. The van der Waals surface area contributed by atoms with Crippen LogP contribution in [0.25, 0.3) is 0 Å². The average molecular weight is 219 g/mol. The minimum atomic E-state index is 0.239. The van der Waals surface area contributed by atoms with Gasteiger partial charge in [0.25, 0.3) is 0 Å². The number of rotatable bonds is 2. The molecular formula is C13H17NO2. The minimum absolute atomic E-state index is 0.239. The van der Waals surface area contributed by atoms with Crippen molar-refractivity contribution in [2.45, 2.75) is 26.1 Å². The second kappa shape index (κ2) is 4.66. The fraction of sp³-hybridized carbons (Fsp3) is 0.462. The Kier molecular flexibility index (Phi) is 3.25. The van der Waals surface area contributed by atoms with Crippen molar-refractivity contribution in [3.05, 3.63) is 29.8 Å². The summed E-state index contributed by atoms with van der Waals surface area (Å²) < 4.78 is 5.68. The molecule has 2 atom stereocenters. The molecular weight excluding hydrogens is 202 g/mol. The SMILES string of the molecule is CC1CN(c2cccc(C=O)c2)CC(C)O1. The van der Waals surface area contributed by atoms with Gasteiger partial charge in [-0.1, -0.05) is 12.1 Å². The second-order valence-electron chi connectivity index (χ2n) is 4.38. The van der Waals surface area contributed by atoms with Crippen LogP contribution in [0.3, 0.4) is 0 Å². The lowest BCUT2D eigenvalue weighted by Crippen LogP contribution is -2.45. The van der Waals surface area contributed by atoms with E-state index in [4.69, 9.17) is 4.74 Å². The number of morpholine rings is 1. The Balaban J connectivity index is 2.19. The van der Waals surface area contributed by atoms with Gasteiger partial charge < -0.3 is 9.64 Å². The van der Waals surface area contributed by atoms with Crippen LogP contribution in [-0.2, 0) is 4.74 Å². The van der Waals surface area contributed by atoms with Crippen LogP contribution < -0.4 is 4.90 Å². The molecule has 2 rings (SSSR count). The molecule has 0 amide bonds. The lowest BCUT2D eigenvalue weighted by atomic mass is 10.1. The summed E-state index contributed by atoms with van der Waals surface area (Å²) in [5, 5.41) is 0. The van der Waals surface area contributed by atoms with Gasteiger partial charge in [-0.05, 0) is 26.0 Å². The number of carbonyl (C=O) groups is 1. The summed E-state index contributed by atoms with van der Waals surface area (Å²) in [4.78, 5) is 13.0. The summed E-state index contributed by atoms with van der Waals surface area (Å²) in [5.41, 5.74) is 1.83. The van der Waals surface area contributed by atoms with Gasteiger partial charge in [0.05, 0.1) is 12.2 Å². The average Bonchev–Trinajstić information content (AvgIpc) is 2.28. The van der Waals surface area contributed by atoms with Crippen LogP contribution in [0.1, 0.15) is 24.2 Å². The molecule has 1 heterocycles. The Morgan fingerprint density at radius 1 is 1.31 bits per heavy atom. The van der Waals surface area contributed by atoms with Gasteiger partial charge in [-0.3, -0.25) is 4.79 Å². The van der Waals surface area contributed by atoms with Crippen molar-refractivity contribution in [1.82, 2.24) is 0 Å². The van der Waals surface area contributed by atoms with Crippen LogP contribution in [0.5, 0.6) is 0 Å². The third-order valence-electron chi connectivity index (χ3n) is 2.79. The number of hydrogen-bond donors (Lipinski definition) is 0. The molecule has 1 aliphatic rings. The van der Waals surface area contributed by atoms with Crippen molar-refractivity contribution < 1.29 is 9.53 Å². The first-order valence-electron chi connectivity index (χ1n) is 5.64. The maximum absolute atomic E-state index is 10.7. The zero-order chi connectivity index (χ0) is 11.5. The van der Waals surface area contributed by atoms with Gasteiger partial charge in [-0.2, -0.15) is 0 Å². The summed E-state index contributed by atoms with van der Waals surface area (Å²) in [5.74, 6) is 0. The molecule has 1 fully saturated rings. The molecule has 0 aromatic heterocycles. The van der Waals surface area contributed by atoms with Gasteiger partial charge in [-0.25, -0.2) is 0 Å². The molecule has 0 bridgehead atoms. The number of anilines is 1. The standard InChI is InChI=1S/C13H17NO2/c1-10-7-14(8-11(2)16-10)13-5-3-4-12(6-13)9-15/h3-6,9-11H,7-8H2,1-2H3. The molecule has 16 heavy (non-hydrogen) atoms. The summed E-state index contributed by atoms with van der Waals surface area (Å²) in [6.45, 7) is 5.91. The van der Waals surface area contributed by atoms with E-state index in [1.807, 2.05) is 24.3 Å². The van der Waals surface area contributed by atoms with E-state index in [1.165, 1.54) is 0 Å². The van der Waals surface area contributed by atoms with Crippen molar-refractivity contribution in [2.75, 3.05) is 18.0 Å². The smallest absolute Gasteiger partial charge is 0.150 e. The van der Waals surface area contributed by atoms with Gasteiger partial charge in [-0.15, -0.1) is 0 Å². The van der Waals surface area contributed by atoms with E-state index in [-0.39, 0.29) is 12.2 Å². The van der Waals surface area contributed by atoms with Gasteiger partial charge >= 0.3 is 0 Å². The molecule has 3 heteroatoms. The Hall–Kier alpha value is -1.35. The molecule has 1 aromatic carbocycles. The maximum atomic E-state index is 10.7. The van der Waals surface area contributed by atoms with Gasteiger partial charge in [0.1, 0.15) is 6.29 Å². The van der Waals surface area contributed by atoms with E-state index < -0.39 is 0 Å². The molecule has 0 N–H and O–H groups in total. The molecule has 1 aromatic rings. The highest BCUT2D eigenvalue weighted by molar-refractivity contribution is 5.77. The normalized spacial score (nSPS) is 25.5. The fourth-order valence-corrected chi connectivity index (χ4v) is 2.18. The van der Waals surface area contributed by atoms with Crippen LogP contribution in [0, 0.1) is 0 Å². The summed E-state index contributed by atoms with van der Waals surface area (Å²) in [6.07, 6.45) is 1.36. The highest BCUT2D eigenvalue weighted by atomic mass is 16.5. The molecule has 1 saturated heterocycles. The van der Waals surface area contributed by atoms with E-state index in [1.54, 1.807) is 0 Å². The Labute approximate surface area is 96.0 Å². The summed E-state index contributed by atoms with van der Waals surface area (Å²) >= 11 is 0. The third-order valence-corrected chi connectivity index (χ3v) is 2.79. The van der Waals surface area contributed by atoms with Crippen LogP contribution in [0.15, 0.2) is 24.3 Å². The number of carbonyl (C=O) groups excluding carboxylic acids is 1. The minimum Gasteiger partial charge on any atom is -0.372 e. The quantitative estimate of drug-likeness (QED) is 0.713. The van der Waals surface area contributed by atoms with Crippen LogP contribution >= 0.6 is 0 Å². The van der Waals surface area contributed by atoms with Crippen molar-refractivity contribution in [3.8, 4) is 0 Å². The lowest BCUT2D eigenvalue weighted by Gasteiger charge is -2.36.